The van der Waals surface area contributed by atoms with Crippen molar-refractivity contribution in [1.82, 2.24) is 14.7 Å². The van der Waals surface area contributed by atoms with E-state index in [-0.39, 0.29) is 11.7 Å². The van der Waals surface area contributed by atoms with Crippen molar-refractivity contribution < 1.29 is 9.59 Å². The van der Waals surface area contributed by atoms with Gasteiger partial charge in [0.15, 0.2) is 0 Å². The highest BCUT2D eigenvalue weighted by Gasteiger charge is 2.29. The fourth-order valence-electron chi connectivity index (χ4n) is 3.01. The molecule has 0 N–H and O–H groups in total. The van der Waals surface area contributed by atoms with Crippen LogP contribution in [0.4, 0.5) is 0 Å². The first-order valence-electron chi connectivity index (χ1n) is 7.24. The maximum absolute atomic E-state index is 12.3. The van der Waals surface area contributed by atoms with Gasteiger partial charge < -0.3 is 9.80 Å². The third-order valence-corrected chi connectivity index (χ3v) is 4.09. The van der Waals surface area contributed by atoms with E-state index in [0.29, 0.717) is 38.5 Å². The molecular formula is C14H25N3O2. The minimum absolute atomic E-state index is 0.193. The smallest absolute Gasteiger partial charge is 0.236 e. The molecule has 0 aliphatic carbocycles. The third kappa shape index (κ3) is 4.01. The summed E-state index contributed by atoms with van der Waals surface area (Å²) in [6.07, 6.45) is 3.44. The zero-order chi connectivity index (χ0) is 13.8. The van der Waals surface area contributed by atoms with Crippen LogP contribution in [0, 0.1) is 0 Å². The Morgan fingerprint density at radius 2 is 1.95 bits per heavy atom. The summed E-state index contributed by atoms with van der Waals surface area (Å²) in [6.45, 7) is 3.79. The lowest BCUT2D eigenvalue weighted by molar-refractivity contribution is -0.135. The third-order valence-electron chi connectivity index (χ3n) is 4.09. The largest absolute Gasteiger partial charge is 0.341 e. The molecule has 2 saturated heterocycles. The van der Waals surface area contributed by atoms with E-state index in [1.54, 1.807) is 0 Å². The number of nitrogens with zero attached hydrogens (tertiary/aromatic N) is 3. The van der Waals surface area contributed by atoms with Crippen molar-refractivity contribution in [1.29, 1.82) is 0 Å². The molecule has 2 aliphatic rings. The SMILES string of the molecule is CN(C)CC1CCCN1CC(=O)N1CCC(=O)CC1. The van der Waals surface area contributed by atoms with Crippen LogP contribution in [-0.4, -0.2) is 79.3 Å². The zero-order valence-corrected chi connectivity index (χ0v) is 12.1. The van der Waals surface area contributed by atoms with Gasteiger partial charge >= 0.3 is 0 Å². The molecule has 2 fully saturated rings. The lowest BCUT2D eigenvalue weighted by atomic mass is 10.1. The van der Waals surface area contributed by atoms with Crippen molar-refractivity contribution in [2.24, 2.45) is 0 Å². The summed E-state index contributed by atoms with van der Waals surface area (Å²) in [5.41, 5.74) is 0. The van der Waals surface area contributed by atoms with Gasteiger partial charge in [-0.2, -0.15) is 0 Å². The van der Waals surface area contributed by atoms with Gasteiger partial charge in [-0.15, -0.1) is 0 Å². The van der Waals surface area contributed by atoms with Crippen LogP contribution in [0.15, 0.2) is 0 Å². The first-order valence-corrected chi connectivity index (χ1v) is 7.24. The summed E-state index contributed by atoms with van der Waals surface area (Å²) in [5.74, 6) is 0.480. The van der Waals surface area contributed by atoms with E-state index in [4.69, 9.17) is 0 Å². The highest BCUT2D eigenvalue weighted by molar-refractivity contribution is 5.84. The summed E-state index contributed by atoms with van der Waals surface area (Å²) in [4.78, 5) is 29.8. The van der Waals surface area contributed by atoms with Gasteiger partial charge in [-0.1, -0.05) is 0 Å². The number of Topliss-reactive ketones (excluding diaryl/α,β-unsaturated/α-hetero) is 1. The molecular weight excluding hydrogens is 242 g/mol. The Hall–Kier alpha value is -0.940. The van der Waals surface area contributed by atoms with Gasteiger partial charge in [-0.25, -0.2) is 0 Å². The normalized spacial score (nSPS) is 25.3. The molecule has 108 valence electrons. The monoisotopic (exact) mass is 267 g/mol. The molecule has 1 amide bonds. The first-order chi connectivity index (χ1) is 9.06. The number of hydrogen-bond donors (Lipinski definition) is 0. The van der Waals surface area contributed by atoms with Gasteiger partial charge in [0.2, 0.25) is 5.91 Å². The van der Waals surface area contributed by atoms with E-state index in [2.05, 4.69) is 23.9 Å². The van der Waals surface area contributed by atoms with Crippen LogP contribution in [0.1, 0.15) is 25.7 Å². The predicted molar refractivity (Wildman–Crippen MR) is 74.0 cm³/mol. The maximum atomic E-state index is 12.3. The Bertz CT molecular complexity index is 334. The Labute approximate surface area is 115 Å². The summed E-state index contributed by atoms with van der Waals surface area (Å²) < 4.78 is 0. The van der Waals surface area contributed by atoms with Crippen LogP contribution >= 0.6 is 0 Å². The van der Waals surface area contributed by atoms with E-state index in [1.807, 2.05) is 4.90 Å². The fourth-order valence-corrected chi connectivity index (χ4v) is 3.01. The second-order valence-corrected chi connectivity index (χ2v) is 5.95. The van der Waals surface area contributed by atoms with Crippen LogP contribution < -0.4 is 0 Å². The lowest BCUT2D eigenvalue weighted by Gasteiger charge is -2.31. The van der Waals surface area contributed by atoms with E-state index in [0.717, 1.165) is 13.1 Å². The number of hydrogen-bond acceptors (Lipinski definition) is 4. The fraction of sp³-hybridized carbons (Fsp3) is 0.857. The quantitative estimate of drug-likeness (QED) is 0.730. The van der Waals surface area contributed by atoms with Crippen LogP contribution in [-0.2, 0) is 9.59 Å². The van der Waals surface area contributed by atoms with Gasteiger partial charge in [-0.05, 0) is 33.5 Å². The average molecular weight is 267 g/mol. The minimum Gasteiger partial charge on any atom is -0.341 e. The van der Waals surface area contributed by atoms with Crippen LogP contribution in [0.3, 0.4) is 0 Å². The number of ketones is 1. The molecule has 1 atom stereocenters. The van der Waals surface area contributed by atoms with Gasteiger partial charge in [0.1, 0.15) is 5.78 Å². The number of carbonyl (C=O) groups is 2. The first kappa shape index (κ1) is 14.5. The molecule has 0 aromatic carbocycles. The zero-order valence-electron chi connectivity index (χ0n) is 12.1. The minimum atomic E-state index is 0.193. The molecule has 5 nitrogen and oxygen atoms in total. The van der Waals surface area contributed by atoms with Crippen molar-refractivity contribution in [3.63, 3.8) is 0 Å². The Morgan fingerprint density at radius 1 is 1.26 bits per heavy atom. The summed E-state index contributed by atoms with van der Waals surface area (Å²) >= 11 is 0. The van der Waals surface area contributed by atoms with Crippen LogP contribution in [0.25, 0.3) is 0 Å². The topological polar surface area (TPSA) is 43.9 Å². The molecule has 2 aliphatic heterocycles. The lowest BCUT2D eigenvalue weighted by Crippen LogP contribution is -2.47. The average Bonchev–Trinajstić information content (AvgIpc) is 2.76. The second-order valence-electron chi connectivity index (χ2n) is 5.95. The van der Waals surface area contributed by atoms with Gasteiger partial charge in [-0.3, -0.25) is 14.5 Å². The molecule has 2 heterocycles. The highest BCUT2D eigenvalue weighted by Crippen LogP contribution is 2.18. The highest BCUT2D eigenvalue weighted by atomic mass is 16.2. The summed E-state index contributed by atoms with van der Waals surface area (Å²) in [7, 11) is 4.16. The molecule has 0 aromatic heterocycles. The number of piperidine rings is 1. The van der Waals surface area contributed by atoms with Gasteiger partial charge in [0, 0.05) is 38.5 Å². The molecule has 1 unspecified atom stereocenters. The molecule has 0 bridgehead atoms. The Balaban J connectivity index is 1.82. The molecule has 19 heavy (non-hydrogen) atoms. The van der Waals surface area contributed by atoms with Gasteiger partial charge in [0.05, 0.1) is 6.54 Å². The van der Waals surface area contributed by atoms with Crippen molar-refractivity contribution in [3.8, 4) is 0 Å². The summed E-state index contributed by atoms with van der Waals surface area (Å²) in [6, 6.07) is 0.505. The Morgan fingerprint density at radius 3 is 2.58 bits per heavy atom. The van der Waals surface area contributed by atoms with Crippen molar-refractivity contribution in [3.05, 3.63) is 0 Å². The van der Waals surface area contributed by atoms with E-state index < -0.39 is 0 Å². The predicted octanol–water partition coefficient (Wildman–Crippen LogP) is 0.204. The second kappa shape index (κ2) is 6.48. The molecule has 0 spiro atoms. The standard InChI is InChI=1S/C14H25N3O2/c1-15(2)10-12-4-3-7-17(12)11-14(19)16-8-5-13(18)6-9-16/h12H,3-11H2,1-2H3. The number of likely N-dealkylation sites (N-methyl/N-ethyl adjacent to an activating group) is 1. The van der Waals surface area contributed by atoms with Crippen LogP contribution in [0.2, 0.25) is 0 Å². The van der Waals surface area contributed by atoms with E-state index in [9.17, 15) is 9.59 Å². The Kier molecular flexibility index (Phi) is 4.93. The molecule has 5 heteroatoms. The van der Waals surface area contributed by atoms with Crippen molar-refractivity contribution in [2.45, 2.75) is 31.7 Å². The maximum Gasteiger partial charge on any atom is 0.236 e. The van der Waals surface area contributed by atoms with Crippen LogP contribution in [0.5, 0.6) is 0 Å². The number of amides is 1. The summed E-state index contributed by atoms with van der Waals surface area (Å²) in [5, 5.41) is 0. The molecule has 0 aromatic rings. The van der Waals surface area contributed by atoms with Gasteiger partial charge in [0.25, 0.3) is 0 Å². The number of carbonyl (C=O) groups excluding carboxylic acids is 2. The number of rotatable bonds is 4. The van der Waals surface area contributed by atoms with Crippen molar-refractivity contribution in [2.75, 3.05) is 46.8 Å². The van der Waals surface area contributed by atoms with E-state index in [1.165, 1.54) is 12.8 Å². The van der Waals surface area contributed by atoms with Crippen molar-refractivity contribution >= 4 is 11.7 Å². The molecule has 0 saturated carbocycles. The molecule has 0 radical (unpaired) electrons. The number of likely N-dealkylation sites (tertiary alicyclic amines) is 2. The van der Waals surface area contributed by atoms with E-state index >= 15 is 0 Å². The molecule has 2 rings (SSSR count).